The maximum atomic E-state index is 11.1. The molecule has 1 aliphatic heterocycles. The second-order valence-electron chi connectivity index (χ2n) is 4.39. The number of methoxy groups -OCH3 is 1. The molecule has 0 aliphatic carbocycles. The molecular formula is C15H18O4. The van der Waals surface area contributed by atoms with Crippen LogP contribution < -0.4 is 4.74 Å². The summed E-state index contributed by atoms with van der Waals surface area (Å²) in [6, 6.07) is 7.87. The Bertz CT molecular complexity index is 436. The van der Waals surface area contributed by atoms with Gasteiger partial charge in [0.1, 0.15) is 18.5 Å². The molecule has 0 unspecified atom stereocenters. The number of carbonyl (C=O) groups excluding carboxylic acids is 1. The molecule has 0 bridgehead atoms. The Kier molecular flexibility index (Phi) is 4.98. The van der Waals surface area contributed by atoms with Gasteiger partial charge >= 0.3 is 5.97 Å². The van der Waals surface area contributed by atoms with Gasteiger partial charge in [-0.25, -0.2) is 4.79 Å². The molecule has 0 aromatic heterocycles. The number of hydrogen-bond acceptors (Lipinski definition) is 4. The quantitative estimate of drug-likeness (QED) is 0.737. The van der Waals surface area contributed by atoms with Crippen LogP contribution in [0.1, 0.15) is 12.0 Å². The molecular weight excluding hydrogens is 244 g/mol. The Hall–Kier alpha value is -1.81. The molecule has 0 spiro atoms. The van der Waals surface area contributed by atoms with Gasteiger partial charge in [0.25, 0.3) is 0 Å². The van der Waals surface area contributed by atoms with Crippen molar-refractivity contribution in [1.29, 1.82) is 0 Å². The van der Waals surface area contributed by atoms with Crippen LogP contribution in [0.5, 0.6) is 5.75 Å². The fourth-order valence-corrected chi connectivity index (χ4v) is 1.83. The van der Waals surface area contributed by atoms with E-state index in [2.05, 4.69) is 0 Å². The van der Waals surface area contributed by atoms with Gasteiger partial charge in [-0.15, -0.1) is 0 Å². The van der Waals surface area contributed by atoms with Crippen LogP contribution in [0.4, 0.5) is 0 Å². The van der Waals surface area contributed by atoms with Crippen molar-refractivity contribution in [3.63, 3.8) is 0 Å². The van der Waals surface area contributed by atoms with Gasteiger partial charge in [-0.2, -0.15) is 0 Å². The third-order valence-corrected chi connectivity index (χ3v) is 2.89. The lowest BCUT2D eigenvalue weighted by Crippen LogP contribution is -2.26. The van der Waals surface area contributed by atoms with E-state index in [-0.39, 0.29) is 12.1 Å². The average Bonchev–Trinajstić information content (AvgIpc) is 2.44. The first-order valence-electron chi connectivity index (χ1n) is 6.36. The summed E-state index contributed by atoms with van der Waals surface area (Å²) in [7, 11) is 1.69. The van der Waals surface area contributed by atoms with Crippen LogP contribution in [0.15, 0.2) is 36.4 Å². The molecule has 4 nitrogen and oxygen atoms in total. The van der Waals surface area contributed by atoms with Crippen molar-refractivity contribution >= 4 is 5.97 Å². The Labute approximate surface area is 113 Å². The smallest absolute Gasteiger partial charge is 0.330 e. The summed E-state index contributed by atoms with van der Waals surface area (Å²) < 4.78 is 15.8. The molecule has 0 N–H and O–H groups in total. The molecule has 1 heterocycles. The summed E-state index contributed by atoms with van der Waals surface area (Å²) in [5, 5.41) is 0. The van der Waals surface area contributed by atoms with Crippen molar-refractivity contribution in [1.82, 2.24) is 0 Å². The molecule has 2 rings (SSSR count). The third kappa shape index (κ3) is 4.41. The Morgan fingerprint density at radius 2 is 2.11 bits per heavy atom. The topological polar surface area (TPSA) is 44.8 Å². The van der Waals surface area contributed by atoms with E-state index in [4.69, 9.17) is 14.2 Å². The van der Waals surface area contributed by atoms with E-state index < -0.39 is 0 Å². The first-order valence-corrected chi connectivity index (χ1v) is 6.36. The molecule has 1 aliphatic rings. The highest BCUT2D eigenvalue weighted by molar-refractivity contribution is 5.82. The molecule has 0 saturated heterocycles. The van der Waals surface area contributed by atoms with Crippen LogP contribution in [0, 0.1) is 0 Å². The van der Waals surface area contributed by atoms with Crippen LogP contribution in [-0.2, 0) is 20.7 Å². The van der Waals surface area contributed by atoms with Crippen LogP contribution in [0.3, 0.4) is 0 Å². The van der Waals surface area contributed by atoms with E-state index in [9.17, 15) is 4.79 Å². The Morgan fingerprint density at radius 1 is 1.32 bits per heavy atom. The normalized spacial score (nSPS) is 18.2. The molecule has 1 atom stereocenters. The summed E-state index contributed by atoms with van der Waals surface area (Å²) in [4.78, 5) is 11.1. The van der Waals surface area contributed by atoms with E-state index in [1.54, 1.807) is 7.11 Å². The van der Waals surface area contributed by atoms with Gasteiger partial charge in [0, 0.05) is 19.6 Å². The van der Waals surface area contributed by atoms with Gasteiger partial charge in [-0.1, -0.05) is 18.2 Å². The lowest BCUT2D eigenvalue weighted by molar-refractivity contribution is -0.145. The van der Waals surface area contributed by atoms with E-state index in [0.717, 1.165) is 12.2 Å². The number of ether oxygens (including phenoxy) is 3. The first-order chi connectivity index (χ1) is 9.28. The van der Waals surface area contributed by atoms with Crippen molar-refractivity contribution in [3.05, 3.63) is 42.0 Å². The minimum absolute atomic E-state index is 0.189. The molecule has 0 amide bonds. The standard InChI is InChI=1S/C15H18O4/c1-17-10-9-12-5-7-13(8-6-12)18-11-14-3-2-4-15(16)19-14/h2,4-8,14H,3,9-11H2,1H3/t14-/m1/s1. The van der Waals surface area contributed by atoms with Gasteiger partial charge < -0.3 is 14.2 Å². The number of carbonyl (C=O) groups is 1. The number of hydrogen-bond donors (Lipinski definition) is 0. The average molecular weight is 262 g/mol. The summed E-state index contributed by atoms with van der Waals surface area (Å²) in [5.74, 6) is 0.488. The fourth-order valence-electron chi connectivity index (χ4n) is 1.83. The summed E-state index contributed by atoms with van der Waals surface area (Å²) in [6.07, 6.45) is 4.67. The number of rotatable bonds is 6. The number of benzene rings is 1. The lowest BCUT2D eigenvalue weighted by Gasteiger charge is -2.19. The minimum Gasteiger partial charge on any atom is -0.490 e. The summed E-state index contributed by atoms with van der Waals surface area (Å²) in [5.41, 5.74) is 1.21. The number of esters is 1. The predicted octanol–water partition coefficient (Wildman–Crippen LogP) is 2.13. The highest BCUT2D eigenvalue weighted by Crippen LogP contribution is 2.15. The third-order valence-electron chi connectivity index (χ3n) is 2.89. The molecule has 0 saturated carbocycles. The zero-order valence-electron chi connectivity index (χ0n) is 11.0. The van der Waals surface area contributed by atoms with Crippen LogP contribution in [-0.4, -0.2) is 32.4 Å². The second kappa shape index (κ2) is 6.95. The molecule has 1 aromatic carbocycles. The molecule has 19 heavy (non-hydrogen) atoms. The highest BCUT2D eigenvalue weighted by atomic mass is 16.6. The number of cyclic esters (lactones) is 1. The van der Waals surface area contributed by atoms with Crippen molar-refractivity contribution < 1.29 is 19.0 Å². The SMILES string of the molecule is COCCc1ccc(OC[C@H]2CC=CC(=O)O2)cc1. The first kappa shape index (κ1) is 13.6. The minimum atomic E-state index is -0.297. The summed E-state index contributed by atoms with van der Waals surface area (Å²) >= 11 is 0. The molecule has 4 heteroatoms. The molecule has 0 radical (unpaired) electrons. The summed E-state index contributed by atoms with van der Waals surface area (Å²) in [6.45, 7) is 1.10. The zero-order valence-corrected chi connectivity index (χ0v) is 11.0. The molecule has 102 valence electrons. The Balaban J connectivity index is 1.79. The van der Waals surface area contributed by atoms with E-state index in [1.807, 2.05) is 30.3 Å². The fraction of sp³-hybridized carbons (Fsp3) is 0.400. The Morgan fingerprint density at radius 3 is 2.79 bits per heavy atom. The van der Waals surface area contributed by atoms with Crippen LogP contribution >= 0.6 is 0 Å². The monoisotopic (exact) mass is 262 g/mol. The van der Waals surface area contributed by atoms with Crippen molar-refractivity contribution in [2.24, 2.45) is 0 Å². The van der Waals surface area contributed by atoms with Crippen LogP contribution in [0.25, 0.3) is 0 Å². The van der Waals surface area contributed by atoms with E-state index in [0.29, 0.717) is 19.6 Å². The maximum absolute atomic E-state index is 11.1. The lowest BCUT2D eigenvalue weighted by atomic mass is 10.1. The van der Waals surface area contributed by atoms with Crippen molar-refractivity contribution in [2.75, 3.05) is 20.3 Å². The van der Waals surface area contributed by atoms with Gasteiger partial charge in [0.2, 0.25) is 0 Å². The van der Waals surface area contributed by atoms with Gasteiger partial charge in [0.05, 0.1) is 6.61 Å². The van der Waals surface area contributed by atoms with E-state index >= 15 is 0 Å². The molecule has 0 fully saturated rings. The van der Waals surface area contributed by atoms with Crippen LogP contribution in [0.2, 0.25) is 0 Å². The largest absolute Gasteiger partial charge is 0.490 e. The second-order valence-corrected chi connectivity index (χ2v) is 4.39. The van der Waals surface area contributed by atoms with Crippen molar-refractivity contribution in [2.45, 2.75) is 18.9 Å². The molecule has 1 aromatic rings. The van der Waals surface area contributed by atoms with Gasteiger partial charge in [-0.3, -0.25) is 0 Å². The maximum Gasteiger partial charge on any atom is 0.330 e. The van der Waals surface area contributed by atoms with E-state index in [1.165, 1.54) is 11.6 Å². The van der Waals surface area contributed by atoms with Gasteiger partial charge in [0.15, 0.2) is 0 Å². The van der Waals surface area contributed by atoms with Crippen molar-refractivity contribution in [3.8, 4) is 5.75 Å². The highest BCUT2D eigenvalue weighted by Gasteiger charge is 2.16. The zero-order chi connectivity index (χ0) is 13.5. The predicted molar refractivity (Wildman–Crippen MR) is 71.2 cm³/mol. The van der Waals surface area contributed by atoms with Gasteiger partial charge in [-0.05, 0) is 24.1 Å².